The highest BCUT2D eigenvalue weighted by atomic mass is 32.2. The molecule has 0 saturated carbocycles. The van der Waals surface area contributed by atoms with E-state index in [-0.39, 0.29) is 49.1 Å². The first-order valence-electron chi connectivity index (χ1n) is 25.7. The van der Waals surface area contributed by atoms with Crippen LogP contribution in [0.5, 0.6) is 0 Å². The second kappa shape index (κ2) is 24.7. The summed E-state index contributed by atoms with van der Waals surface area (Å²) >= 11 is 1.59. The third-order valence-electron chi connectivity index (χ3n) is 13.9. The third-order valence-corrected chi connectivity index (χ3v) is 16.3. The third kappa shape index (κ3) is 13.4. The number of pyridine rings is 1. The Labute approximate surface area is 446 Å². The van der Waals surface area contributed by atoms with E-state index < -0.39 is 50.8 Å². The van der Waals surface area contributed by atoms with Crippen molar-refractivity contribution in [1.29, 1.82) is 0 Å². The summed E-state index contributed by atoms with van der Waals surface area (Å²) in [7, 11) is -1.88. The van der Waals surface area contributed by atoms with Crippen LogP contribution in [0.2, 0.25) is 0 Å². The molecule has 2 aromatic carbocycles. The van der Waals surface area contributed by atoms with E-state index >= 15 is 8.78 Å². The van der Waals surface area contributed by atoms with Crippen molar-refractivity contribution in [3.8, 4) is 27.3 Å². The van der Waals surface area contributed by atoms with Crippen molar-refractivity contribution in [2.45, 2.75) is 91.4 Å². The molecule has 2 unspecified atom stereocenters. The fraction of sp³-hybridized carbons (Fsp3) is 0.463. The first kappa shape index (κ1) is 55.8. The zero-order valence-electron chi connectivity index (χ0n) is 43.9. The van der Waals surface area contributed by atoms with Gasteiger partial charge < -0.3 is 39.4 Å². The number of benzene rings is 2. The smallest absolute Gasteiger partial charge is 0.246 e. The molecule has 0 radical (unpaired) electrons. The van der Waals surface area contributed by atoms with Gasteiger partial charge in [-0.15, -0.1) is 11.3 Å². The Bertz CT molecular complexity index is 3090. The maximum absolute atomic E-state index is 16.1. The van der Waals surface area contributed by atoms with Gasteiger partial charge in [0.1, 0.15) is 42.3 Å². The Morgan fingerprint density at radius 3 is 2.37 bits per heavy atom. The van der Waals surface area contributed by atoms with Crippen molar-refractivity contribution in [3.05, 3.63) is 102 Å². The molecule has 2 aliphatic rings. The Morgan fingerprint density at radius 1 is 0.934 bits per heavy atom. The van der Waals surface area contributed by atoms with E-state index in [4.69, 9.17) is 14.5 Å². The van der Waals surface area contributed by atoms with Crippen LogP contribution >= 0.6 is 11.3 Å². The van der Waals surface area contributed by atoms with Crippen LogP contribution in [0, 0.1) is 24.0 Å². The van der Waals surface area contributed by atoms with E-state index in [9.17, 15) is 22.8 Å². The average Bonchev–Trinajstić information content (AvgIpc) is 4.19. The predicted molar refractivity (Wildman–Crippen MR) is 289 cm³/mol. The fourth-order valence-electron chi connectivity index (χ4n) is 9.73. The number of hydrogen-bond donors (Lipinski definition) is 3. The van der Waals surface area contributed by atoms with Crippen molar-refractivity contribution in [2.75, 3.05) is 75.0 Å². The summed E-state index contributed by atoms with van der Waals surface area (Å²) in [5.41, 5.74) is 5.36. The topological polar surface area (TPSA) is 206 Å². The van der Waals surface area contributed by atoms with E-state index in [1.165, 1.54) is 10.9 Å². The molecule has 0 aliphatic carbocycles. The Kier molecular flexibility index (Phi) is 18.1. The molecule has 3 amide bonds. The number of thiazole rings is 1. The van der Waals surface area contributed by atoms with Crippen LogP contribution in [0.4, 0.5) is 20.3 Å². The lowest BCUT2D eigenvalue weighted by molar-refractivity contribution is -0.144. The summed E-state index contributed by atoms with van der Waals surface area (Å²) in [5, 5.41) is 5.90. The van der Waals surface area contributed by atoms with E-state index in [1.54, 1.807) is 47.8 Å². The number of sulfonamides is 1. The van der Waals surface area contributed by atoms with E-state index in [1.807, 2.05) is 70.6 Å². The van der Waals surface area contributed by atoms with Crippen LogP contribution in [0.25, 0.3) is 38.3 Å². The van der Waals surface area contributed by atoms with Crippen LogP contribution in [0.15, 0.2) is 79.0 Å². The summed E-state index contributed by atoms with van der Waals surface area (Å²) in [4.78, 5) is 65.4. The molecule has 76 heavy (non-hydrogen) atoms. The van der Waals surface area contributed by atoms with E-state index in [2.05, 4.69) is 40.1 Å². The van der Waals surface area contributed by atoms with Crippen LogP contribution < -0.4 is 20.3 Å². The molecular formula is C54H67F2N11O7S2. The molecule has 2 atom stereocenters. The molecule has 3 N–H and O–H groups in total. The number of nitrogens with one attached hydrogen (secondary N) is 3. The number of aryl methyl sites for hydroxylation is 1. The fourth-order valence-corrected chi connectivity index (χ4v) is 11.7. The summed E-state index contributed by atoms with van der Waals surface area (Å²) in [5.74, 6) is -2.45. The maximum Gasteiger partial charge on any atom is 0.246 e. The van der Waals surface area contributed by atoms with Crippen molar-refractivity contribution in [3.63, 3.8) is 0 Å². The molecule has 2 fully saturated rings. The molecule has 22 heteroatoms. The van der Waals surface area contributed by atoms with Crippen molar-refractivity contribution >= 4 is 61.6 Å². The largest absolute Gasteiger partial charge is 0.378 e. The highest BCUT2D eigenvalue weighted by Crippen LogP contribution is 2.36. The summed E-state index contributed by atoms with van der Waals surface area (Å²) in [6, 6.07) is 12.3. The maximum atomic E-state index is 16.1. The van der Waals surface area contributed by atoms with E-state index in [0.29, 0.717) is 73.5 Å². The molecule has 0 spiro atoms. The quantitative estimate of drug-likeness (QED) is 0.0580. The SMILES string of the molecule is CCCS(=O)(=O)Nc1ccc(F)c(-n2cc(-c3cncnc3)c3nc(N(C)C4CCN(CCOCCOCC(=O)NC(C(=O)N5CCCC5C(=O)NCc5ccc(-c6scnc6C)cc5)C(C)(C)C)CC4)ccc32)c1F. The number of hydrogen-bond acceptors (Lipinski definition) is 14. The van der Waals surface area contributed by atoms with Crippen LogP contribution in [-0.2, 0) is 40.4 Å². The number of amides is 3. The van der Waals surface area contributed by atoms with Gasteiger partial charge in [0.05, 0.1) is 58.4 Å². The zero-order chi connectivity index (χ0) is 54.1. The van der Waals surface area contributed by atoms with E-state index in [0.717, 1.165) is 59.8 Å². The van der Waals surface area contributed by atoms with Gasteiger partial charge in [-0.25, -0.2) is 37.1 Å². The number of piperidine rings is 1. The van der Waals surface area contributed by atoms with Gasteiger partial charge in [0.15, 0.2) is 5.82 Å². The van der Waals surface area contributed by atoms with Crippen molar-refractivity contribution in [2.24, 2.45) is 5.41 Å². The van der Waals surface area contributed by atoms with Crippen LogP contribution in [0.3, 0.4) is 0 Å². The second-order valence-electron chi connectivity index (χ2n) is 20.3. The predicted octanol–water partition coefficient (Wildman–Crippen LogP) is 7.12. The standard InChI is InChI=1S/C54H67F2N11O7S2/c1-7-27-76(71,72)63-42-15-14-41(55)49(47(42)56)67-31-40(38-29-57-33-58-30-38)48-43(67)16-17-45(61-48)64(6)39-18-21-65(22-19-39)23-24-73-25-26-74-32-46(68)62-51(54(3,4)5)53(70)66-20-8-9-44(66)52(69)59-28-36-10-12-37(13-11-36)50-35(2)60-34-75-50/h10-17,29-31,33-34,39,44,51,63H,7-9,18-28,32H2,1-6H3,(H,59,69)(H,62,68). The number of carbonyl (C=O) groups excluding carboxylic acids is 3. The first-order valence-corrected chi connectivity index (χ1v) is 28.2. The highest BCUT2D eigenvalue weighted by Gasteiger charge is 2.42. The Morgan fingerprint density at radius 2 is 1.67 bits per heavy atom. The zero-order valence-corrected chi connectivity index (χ0v) is 45.5. The second-order valence-corrected chi connectivity index (χ2v) is 23.0. The molecule has 2 saturated heterocycles. The minimum Gasteiger partial charge on any atom is -0.378 e. The van der Waals surface area contributed by atoms with Gasteiger partial charge in [0.2, 0.25) is 27.7 Å². The number of nitrogens with zero attached hydrogens (tertiary/aromatic N) is 8. The van der Waals surface area contributed by atoms with Gasteiger partial charge in [-0.3, -0.25) is 19.1 Å². The number of fused-ring (bicyclic) bond motifs is 1. The van der Waals surface area contributed by atoms with Gasteiger partial charge in [0, 0.05) is 75.5 Å². The Hall–Kier alpha value is -6.46. The molecule has 8 rings (SSSR count). The number of anilines is 2. The number of carbonyl (C=O) groups is 3. The lowest BCUT2D eigenvalue weighted by atomic mass is 9.85. The number of halogens is 2. The molecule has 2 aliphatic heterocycles. The number of likely N-dealkylation sites (tertiary alicyclic amines) is 2. The average molecular weight is 1080 g/mol. The molecule has 4 aromatic heterocycles. The van der Waals surface area contributed by atoms with Crippen LogP contribution in [-0.4, -0.2) is 144 Å². The van der Waals surface area contributed by atoms with Gasteiger partial charge in [-0.1, -0.05) is 52.0 Å². The van der Waals surface area contributed by atoms with Crippen molar-refractivity contribution < 1.29 is 41.1 Å². The lowest BCUT2D eigenvalue weighted by Crippen LogP contribution is -2.58. The molecule has 6 aromatic rings. The minimum atomic E-state index is -3.86. The molecule has 406 valence electrons. The number of rotatable bonds is 22. The molecule has 0 bridgehead atoms. The molecular weight excluding hydrogens is 1020 g/mol. The minimum absolute atomic E-state index is 0.152. The van der Waals surface area contributed by atoms with Gasteiger partial charge in [-0.05, 0) is 79.8 Å². The highest BCUT2D eigenvalue weighted by molar-refractivity contribution is 7.92. The first-order chi connectivity index (χ1) is 36.4. The Balaban J connectivity index is 0.777. The normalized spacial score (nSPS) is 16.0. The monoisotopic (exact) mass is 1080 g/mol. The molecule has 18 nitrogen and oxygen atoms in total. The van der Waals surface area contributed by atoms with Gasteiger partial charge in [0.25, 0.3) is 0 Å². The molecule has 6 heterocycles. The summed E-state index contributed by atoms with van der Waals surface area (Å²) in [6.07, 6.45) is 9.37. The number of ether oxygens (including phenoxy) is 2. The van der Waals surface area contributed by atoms with Gasteiger partial charge in [-0.2, -0.15) is 0 Å². The van der Waals surface area contributed by atoms with Crippen LogP contribution in [0.1, 0.15) is 71.1 Å². The summed E-state index contributed by atoms with van der Waals surface area (Å²) < 4.78 is 71.9. The number of aromatic nitrogens is 5. The van der Waals surface area contributed by atoms with Gasteiger partial charge >= 0.3 is 0 Å². The summed E-state index contributed by atoms with van der Waals surface area (Å²) in [6.45, 7) is 13.1. The van der Waals surface area contributed by atoms with Crippen molar-refractivity contribution in [1.82, 2.24) is 44.9 Å². The lowest BCUT2D eigenvalue weighted by Gasteiger charge is -2.37.